The number of likely N-dealkylation sites (tertiary alicyclic amines) is 1. The Morgan fingerprint density at radius 1 is 1.40 bits per heavy atom. The van der Waals surface area contributed by atoms with E-state index in [1.54, 1.807) is 0 Å². The van der Waals surface area contributed by atoms with Crippen molar-refractivity contribution in [3.8, 4) is 6.07 Å². The lowest BCUT2D eigenvalue weighted by molar-refractivity contribution is -0.130. The lowest BCUT2D eigenvalue weighted by Crippen LogP contribution is -2.33. The molecule has 1 fully saturated rings. The molecule has 15 heavy (non-hydrogen) atoms. The van der Waals surface area contributed by atoms with E-state index in [2.05, 4.69) is 6.07 Å². The molecule has 1 aliphatic rings. The molecule has 0 spiro atoms. The predicted octanol–water partition coefficient (Wildman–Crippen LogP) is 2.33. The van der Waals surface area contributed by atoms with Gasteiger partial charge >= 0.3 is 0 Å². The van der Waals surface area contributed by atoms with Crippen LogP contribution >= 0.6 is 0 Å². The van der Waals surface area contributed by atoms with Gasteiger partial charge in [0.05, 0.1) is 11.5 Å². The Kier molecular flexibility index (Phi) is 4.14. The summed E-state index contributed by atoms with van der Waals surface area (Å²) < 4.78 is 0. The average Bonchev–Trinajstić information content (AvgIpc) is 2.40. The van der Waals surface area contributed by atoms with Crippen molar-refractivity contribution in [2.45, 2.75) is 46.0 Å². The van der Waals surface area contributed by atoms with Crippen LogP contribution in [0.5, 0.6) is 0 Å². The Hall–Kier alpha value is -1.04. The topological polar surface area (TPSA) is 44.1 Å². The van der Waals surface area contributed by atoms with Crippen LogP contribution in [-0.2, 0) is 4.79 Å². The highest BCUT2D eigenvalue weighted by Crippen LogP contribution is 2.20. The summed E-state index contributed by atoms with van der Waals surface area (Å²) in [5.74, 6) is 0.265. The fraction of sp³-hybridized carbons (Fsp3) is 0.833. The summed E-state index contributed by atoms with van der Waals surface area (Å²) in [6, 6.07) is 2.27. The molecule has 0 unspecified atom stereocenters. The summed E-state index contributed by atoms with van der Waals surface area (Å²) in [4.78, 5) is 13.6. The average molecular weight is 208 g/mol. The van der Waals surface area contributed by atoms with Crippen molar-refractivity contribution in [2.24, 2.45) is 5.41 Å². The van der Waals surface area contributed by atoms with E-state index < -0.39 is 0 Å². The fourth-order valence-corrected chi connectivity index (χ4v) is 1.75. The van der Waals surface area contributed by atoms with E-state index in [0.717, 1.165) is 38.8 Å². The Bertz CT molecular complexity index is 265. The van der Waals surface area contributed by atoms with E-state index in [1.165, 1.54) is 0 Å². The number of amides is 1. The Morgan fingerprint density at radius 3 is 2.80 bits per heavy atom. The zero-order valence-corrected chi connectivity index (χ0v) is 9.75. The molecule has 1 rings (SSSR count). The van der Waals surface area contributed by atoms with Crippen molar-refractivity contribution < 1.29 is 4.79 Å². The molecule has 3 nitrogen and oxygen atoms in total. The molecule has 0 saturated carbocycles. The first kappa shape index (κ1) is 12.0. The molecular formula is C12H20N2O. The minimum absolute atomic E-state index is 0.265. The van der Waals surface area contributed by atoms with Crippen LogP contribution in [0, 0.1) is 16.7 Å². The van der Waals surface area contributed by atoms with E-state index in [4.69, 9.17) is 5.26 Å². The third kappa shape index (κ3) is 3.91. The smallest absolute Gasteiger partial charge is 0.222 e. The highest BCUT2D eigenvalue weighted by Gasteiger charge is 2.21. The second-order valence-corrected chi connectivity index (χ2v) is 4.94. The minimum atomic E-state index is -0.313. The lowest BCUT2D eigenvalue weighted by Gasteiger charge is -2.24. The zero-order chi connectivity index (χ0) is 11.3. The molecule has 0 aliphatic carbocycles. The first-order valence-corrected chi connectivity index (χ1v) is 5.74. The van der Waals surface area contributed by atoms with Crippen LogP contribution < -0.4 is 0 Å². The van der Waals surface area contributed by atoms with E-state index in [9.17, 15) is 4.79 Å². The van der Waals surface area contributed by atoms with Crippen molar-refractivity contribution >= 4 is 5.91 Å². The number of carbonyl (C=O) groups is 1. The number of nitriles is 1. The van der Waals surface area contributed by atoms with Gasteiger partial charge in [-0.2, -0.15) is 5.26 Å². The number of hydrogen-bond acceptors (Lipinski definition) is 2. The van der Waals surface area contributed by atoms with Crippen LogP contribution in [-0.4, -0.2) is 23.9 Å². The molecule has 1 saturated heterocycles. The van der Waals surface area contributed by atoms with Crippen molar-refractivity contribution in [1.29, 1.82) is 5.26 Å². The van der Waals surface area contributed by atoms with Gasteiger partial charge in [-0.1, -0.05) is 6.42 Å². The van der Waals surface area contributed by atoms with Gasteiger partial charge in [-0.25, -0.2) is 0 Å². The molecule has 0 atom stereocenters. The highest BCUT2D eigenvalue weighted by molar-refractivity contribution is 5.76. The van der Waals surface area contributed by atoms with E-state index in [0.29, 0.717) is 6.42 Å². The largest absolute Gasteiger partial charge is 0.343 e. The molecule has 0 N–H and O–H groups in total. The maximum atomic E-state index is 11.7. The van der Waals surface area contributed by atoms with Crippen LogP contribution in [0.2, 0.25) is 0 Å². The second kappa shape index (κ2) is 5.16. The van der Waals surface area contributed by atoms with E-state index in [-0.39, 0.29) is 11.3 Å². The van der Waals surface area contributed by atoms with E-state index >= 15 is 0 Å². The molecule has 84 valence electrons. The molecule has 1 heterocycles. The van der Waals surface area contributed by atoms with Gasteiger partial charge in [-0.15, -0.1) is 0 Å². The quantitative estimate of drug-likeness (QED) is 0.714. The van der Waals surface area contributed by atoms with Crippen molar-refractivity contribution in [3.63, 3.8) is 0 Å². The standard InChI is InChI=1S/C12H20N2O/c1-12(2,10-13)7-9-14-8-5-3-4-6-11(14)15/h3-9H2,1-2H3. The summed E-state index contributed by atoms with van der Waals surface area (Å²) in [6.45, 7) is 5.46. The normalized spacial score (nSPS) is 18.5. The summed E-state index contributed by atoms with van der Waals surface area (Å²) in [5.41, 5.74) is -0.313. The molecule has 0 aromatic rings. The summed E-state index contributed by atoms with van der Waals surface area (Å²) in [6.07, 6.45) is 4.75. The number of carbonyl (C=O) groups excluding carboxylic acids is 1. The van der Waals surface area contributed by atoms with Crippen LogP contribution in [0.4, 0.5) is 0 Å². The van der Waals surface area contributed by atoms with Crippen molar-refractivity contribution in [1.82, 2.24) is 4.90 Å². The first-order valence-electron chi connectivity index (χ1n) is 5.74. The number of nitrogens with zero attached hydrogens (tertiary/aromatic N) is 2. The van der Waals surface area contributed by atoms with E-state index in [1.807, 2.05) is 18.7 Å². The maximum Gasteiger partial charge on any atom is 0.222 e. The minimum Gasteiger partial charge on any atom is -0.343 e. The molecule has 1 amide bonds. The second-order valence-electron chi connectivity index (χ2n) is 4.94. The third-order valence-electron chi connectivity index (χ3n) is 2.98. The fourth-order valence-electron chi connectivity index (χ4n) is 1.75. The highest BCUT2D eigenvalue weighted by atomic mass is 16.2. The van der Waals surface area contributed by atoms with Gasteiger partial charge in [-0.05, 0) is 33.1 Å². The molecule has 0 aromatic heterocycles. The zero-order valence-electron chi connectivity index (χ0n) is 9.75. The summed E-state index contributed by atoms with van der Waals surface area (Å²) in [5, 5.41) is 8.89. The van der Waals surface area contributed by atoms with Crippen molar-refractivity contribution in [3.05, 3.63) is 0 Å². The molecule has 0 bridgehead atoms. The number of rotatable bonds is 3. The first-order chi connectivity index (χ1) is 7.05. The van der Waals surface area contributed by atoms with Crippen LogP contribution in [0.15, 0.2) is 0 Å². The molecule has 0 aromatic carbocycles. The van der Waals surface area contributed by atoms with Gasteiger partial charge in [0, 0.05) is 19.5 Å². The summed E-state index contributed by atoms with van der Waals surface area (Å²) in [7, 11) is 0. The Morgan fingerprint density at radius 2 is 2.13 bits per heavy atom. The lowest BCUT2D eigenvalue weighted by atomic mass is 9.91. The van der Waals surface area contributed by atoms with Crippen LogP contribution in [0.3, 0.4) is 0 Å². The number of hydrogen-bond donors (Lipinski definition) is 0. The van der Waals surface area contributed by atoms with Gasteiger partial charge in [0.2, 0.25) is 5.91 Å². The summed E-state index contributed by atoms with van der Waals surface area (Å²) >= 11 is 0. The van der Waals surface area contributed by atoms with Crippen LogP contribution in [0.25, 0.3) is 0 Å². The molecule has 0 radical (unpaired) electrons. The molecule has 3 heteroatoms. The monoisotopic (exact) mass is 208 g/mol. The van der Waals surface area contributed by atoms with Gasteiger partial charge in [-0.3, -0.25) is 4.79 Å². The maximum absolute atomic E-state index is 11.7. The van der Waals surface area contributed by atoms with Gasteiger partial charge in [0.1, 0.15) is 0 Å². The van der Waals surface area contributed by atoms with Crippen molar-refractivity contribution in [2.75, 3.05) is 13.1 Å². The van der Waals surface area contributed by atoms with Crippen LogP contribution in [0.1, 0.15) is 46.0 Å². The molecular weight excluding hydrogens is 188 g/mol. The molecule has 1 aliphatic heterocycles. The van der Waals surface area contributed by atoms with Gasteiger partial charge in [0.25, 0.3) is 0 Å². The predicted molar refractivity (Wildman–Crippen MR) is 59.1 cm³/mol. The van der Waals surface area contributed by atoms with Gasteiger partial charge < -0.3 is 4.90 Å². The SMILES string of the molecule is CC(C)(C#N)CCN1CCCCCC1=O. The Balaban J connectivity index is 2.43. The third-order valence-corrected chi connectivity index (χ3v) is 2.98. The Labute approximate surface area is 92.1 Å². The van der Waals surface area contributed by atoms with Gasteiger partial charge in [0.15, 0.2) is 0 Å².